The molecule has 0 fully saturated rings. The number of hydrogen-bond donors (Lipinski definition) is 2. The fourth-order valence-corrected chi connectivity index (χ4v) is 3.61. The molecule has 1 heterocycles. The van der Waals surface area contributed by atoms with Gasteiger partial charge in [0.2, 0.25) is 0 Å². The fourth-order valence-electron chi connectivity index (χ4n) is 2.98. The summed E-state index contributed by atoms with van der Waals surface area (Å²) in [5, 5.41) is 10.9. The van der Waals surface area contributed by atoms with E-state index in [1.165, 1.54) is 12.1 Å². The van der Waals surface area contributed by atoms with Crippen LogP contribution < -0.4 is 10.3 Å². The summed E-state index contributed by atoms with van der Waals surface area (Å²) in [6, 6.07) is 21.4. The van der Waals surface area contributed by atoms with E-state index < -0.39 is 20.6 Å². The van der Waals surface area contributed by atoms with Crippen molar-refractivity contribution in [2.45, 2.75) is 11.8 Å². The Morgan fingerprint density at radius 2 is 1.59 bits per heavy atom. The first-order chi connectivity index (χ1) is 15.3. The van der Waals surface area contributed by atoms with Gasteiger partial charge < -0.3 is 4.74 Å². The summed E-state index contributed by atoms with van der Waals surface area (Å²) in [5.74, 6) is 0.310. The number of H-pyrrole nitrogens is 1. The van der Waals surface area contributed by atoms with Crippen LogP contribution in [-0.2, 0) is 10.1 Å². The second kappa shape index (κ2) is 8.61. The van der Waals surface area contributed by atoms with E-state index in [-0.39, 0.29) is 17.1 Å². The van der Waals surface area contributed by atoms with Crippen molar-refractivity contribution in [1.29, 1.82) is 0 Å². The number of ether oxygens (including phenoxy) is 1. The predicted molar refractivity (Wildman–Crippen MR) is 118 cm³/mol. The number of aromatic amines is 1. The molecule has 0 aliphatic carbocycles. The van der Waals surface area contributed by atoms with Gasteiger partial charge in [-0.15, -0.1) is 5.11 Å². The summed E-state index contributed by atoms with van der Waals surface area (Å²) in [7, 11) is -4.64. The molecule has 0 spiro atoms. The number of aryl methyl sites for hydroxylation is 1. The zero-order chi connectivity index (χ0) is 22.7. The number of nitrogens with one attached hydrogen (secondary N) is 1. The molecule has 0 aliphatic heterocycles. The summed E-state index contributed by atoms with van der Waals surface area (Å²) in [5.41, 5.74) is 0.738. The molecule has 10 heteroatoms. The van der Waals surface area contributed by atoms with Crippen molar-refractivity contribution in [2.75, 3.05) is 0 Å². The van der Waals surface area contributed by atoms with E-state index in [1.807, 2.05) is 6.07 Å². The molecule has 2 N–H and O–H groups in total. The number of aromatic nitrogens is 2. The van der Waals surface area contributed by atoms with Crippen molar-refractivity contribution >= 4 is 21.5 Å². The van der Waals surface area contributed by atoms with Crippen LogP contribution in [0, 0.1) is 6.92 Å². The number of para-hydroxylation sites is 1. The Hall–Kier alpha value is -4.02. The number of nitrogens with zero attached hydrogens (tertiary/aromatic N) is 3. The Balaban J connectivity index is 1.74. The lowest BCUT2D eigenvalue weighted by atomic mass is 10.3. The van der Waals surface area contributed by atoms with E-state index in [0.717, 1.165) is 10.7 Å². The van der Waals surface area contributed by atoms with Crippen LogP contribution in [0.25, 0.3) is 5.69 Å². The Kier molecular flexibility index (Phi) is 5.71. The summed E-state index contributed by atoms with van der Waals surface area (Å²) in [6.45, 7) is 1.65. The number of rotatable bonds is 6. The highest BCUT2D eigenvalue weighted by Crippen LogP contribution is 2.30. The van der Waals surface area contributed by atoms with Crippen molar-refractivity contribution < 1.29 is 17.7 Å². The van der Waals surface area contributed by atoms with Crippen molar-refractivity contribution in [3.63, 3.8) is 0 Å². The maximum atomic E-state index is 12.9. The number of benzene rings is 3. The van der Waals surface area contributed by atoms with Gasteiger partial charge in [-0.3, -0.25) is 14.4 Å². The lowest BCUT2D eigenvalue weighted by Gasteiger charge is -2.11. The minimum atomic E-state index is -4.64. The van der Waals surface area contributed by atoms with E-state index in [4.69, 9.17) is 4.74 Å². The molecule has 0 saturated carbocycles. The third-order valence-corrected chi connectivity index (χ3v) is 5.37. The van der Waals surface area contributed by atoms with E-state index in [1.54, 1.807) is 61.5 Å². The van der Waals surface area contributed by atoms with E-state index >= 15 is 0 Å². The topological polar surface area (TPSA) is 126 Å². The van der Waals surface area contributed by atoms with Gasteiger partial charge >= 0.3 is 0 Å². The molecule has 0 bridgehead atoms. The number of hydrogen-bond acceptors (Lipinski definition) is 6. The van der Waals surface area contributed by atoms with Gasteiger partial charge in [-0.1, -0.05) is 36.4 Å². The molecule has 3 aromatic carbocycles. The molecule has 32 heavy (non-hydrogen) atoms. The minimum absolute atomic E-state index is 0.0758. The first-order valence-corrected chi connectivity index (χ1v) is 10.9. The number of azo groups is 1. The highest BCUT2D eigenvalue weighted by atomic mass is 32.2. The van der Waals surface area contributed by atoms with Crippen molar-refractivity contribution in [3.05, 3.63) is 94.9 Å². The van der Waals surface area contributed by atoms with Gasteiger partial charge in [0.1, 0.15) is 16.4 Å². The smallest absolute Gasteiger partial charge is 0.299 e. The van der Waals surface area contributed by atoms with E-state index in [9.17, 15) is 17.8 Å². The summed E-state index contributed by atoms with van der Waals surface area (Å²) in [4.78, 5) is 12.4. The lowest BCUT2D eigenvalue weighted by molar-refractivity contribution is 0.449. The third-order valence-electron chi connectivity index (χ3n) is 4.50. The molecule has 0 unspecified atom stereocenters. The molecule has 4 rings (SSSR count). The lowest BCUT2D eigenvalue weighted by Crippen LogP contribution is -2.15. The molecular formula is C22H18N4O5S. The van der Waals surface area contributed by atoms with Crippen molar-refractivity contribution in [3.8, 4) is 17.2 Å². The molecular weight excluding hydrogens is 432 g/mol. The molecule has 0 amide bonds. The average molecular weight is 450 g/mol. The zero-order valence-electron chi connectivity index (χ0n) is 16.8. The Labute approximate surface area is 183 Å². The standard InChI is InChI=1S/C22H18N4O5S/c1-15-21(24-23-16-8-4-2-5-9-16)22(27)26(25-15)17-12-13-19(20(14-17)32(28,29)30)31-18-10-6-3-7-11-18/h2-14,25H,1H3,(H,28,29,30). The van der Waals surface area contributed by atoms with Crippen LogP contribution in [-0.4, -0.2) is 22.8 Å². The third kappa shape index (κ3) is 4.51. The highest BCUT2D eigenvalue weighted by molar-refractivity contribution is 7.86. The van der Waals surface area contributed by atoms with Crippen LogP contribution in [0.2, 0.25) is 0 Å². The van der Waals surface area contributed by atoms with Crippen molar-refractivity contribution in [1.82, 2.24) is 9.78 Å². The quantitative estimate of drug-likeness (QED) is 0.318. The Morgan fingerprint density at radius 1 is 0.938 bits per heavy atom. The van der Waals surface area contributed by atoms with E-state index in [2.05, 4.69) is 15.3 Å². The van der Waals surface area contributed by atoms with Crippen LogP contribution in [0.3, 0.4) is 0 Å². The van der Waals surface area contributed by atoms with Crippen LogP contribution in [0.15, 0.2) is 98.8 Å². The van der Waals surface area contributed by atoms with Crippen LogP contribution in [0.1, 0.15) is 5.69 Å². The van der Waals surface area contributed by atoms with Crippen LogP contribution in [0.4, 0.5) is 11.4 Å². The summed E-state index contributed by atoms with van der Waals surface area (Å²) < 4.78 is 40.4. The van der Waals surface area contributed by atoms with Gasteiger partial charge in [-0.25, -0.2) is 4.68 Å². The predicted octanol–water partition coefficient (Wildman–Crippen LogP) is 4.93. The maximum Gasteiger partial charge on any atom is 0.299 e. The first kappa shape index (κ1) is 21.2. The van der Waals surface area contributed by atoms with Crippen molar-refractivity contribution in [2.24, 2.45) is 10.2 Å². The van der Waals surface area contributed by atoms with Gasteiger partial charge in [-0.05, 0) is 49.4 Å². The van der Waals surface area contributed by atoms with Gasteiger partial charge in [-0.2, -0.15) is 13.5 Å². The Bertz CT molecular complexity index is 1440. The monoisotopic (exact) mass is 450 g/mol. The Morgan fingerprint density at radius 3 is 2.25 bits per heavy atom. The van der Waals surface area contributed by atoms with Gasteiger partial charge in [0.05, 0.1) is 17.1 Å². The fraction of sp³-hybridized carbons (Fsp3) is 0.0455. The first-order valence-electron chi connectivity index (χ1n) is 9.46. The normalized spacial score (nSPS) is 11.7. The molecule has 4 aromatic rings. The van der Waals surface area contributed by atoms with Crippen LogP contribution in [0.5, 0.6) is 11.5 Å². The average Bonchev–Trinajstić information content (AvgIpc) is 3.06. The summed E-state index contributed by atoms with van der Waals surface area (Å²) in [6.07, 6.45) is 0. The molecule has 1 aromatic heterocycles. The van der Waals surface area contributed by atoms with Gasteiger partial charge in [0.15, 0.2) is 5.69 Å². The van der Waals surface area contributed by atoms with E-state index in [0.29, 0.717) is 17.1 Å². The van der Waals surface area contributed by atoms with Gasteiger partial charge in [0.25, 0.3) is 15.7 Å². The van der Waals surface area contributed by atoms with Gasteiger partial charge in [0, 0.05) is 0 Å². The van der Waals surface area contributed by atoms with Crippen LogP contribution >= 0.6 is 0 Å². The molecule has 0 radical (unpaired) electrons. The molecule has 0 aliphatic rings. The molecule has 0 saturated heterocycles. The molecule has 0 atom stereocenters. The SMILES string of the molecule is Cc1[nH]n(-c2ccc(Oc3ccccc3)c(S(=O)(=O)O)c2)c(=O)c1N=Nc1ccccc1. The second-order valence-corrected chi connectivity index (χ2v) is 8.17. The summed E-state index contributed by atoms with van der Waals surface area (Å²) >= 11 is 0. The highest BCUT2D eigenvalue weighted by Gasteiger charge is 2.21. The largest absolute Gasteiger partial charge is 0.456 e. The zero-order valence-corrected chi connectivity index (χ0v) is 17.7. The minimum Gasteiger partial charge on any atom is -0.456 e. The maximum absolute atomic E-state index is 12.9. The molecule has 9 nitrogen and oxygen atoms in total. The second-order valence-electron chi connectivity index (χ2n) is 6.78. The molecule has 162 valence electrons.